The Bertz CT molecular complexity index is 649. The molecule has 4 nitrogen and oxygen atoms in total. The third kappa shape index (κ3) is 3.40. The smallest absolute Gasteiger partial charge is 0.240 e. The van der Waals surface area contributed by atoms with E-state index in [1.54, 1.807) is 18.2 Å². The molecule has 0 amide bonds. The number of hydrogen-bond donors (Lipinski definition) is 2. The lowest BCUT2D eigenvalue weighted by Gasteiger charge is -2.32. The van der Waals surface area contributed by atoms with Gasteiger partial charge in [-0.2, -0.15) is 0 Å². The number of aryl methyl sites for hydroxylation is 1. The highest BCUT2D eigenvalue weighted by atomic mass is 32.2. The topological polar surface area (TPSA) is 66.4 Å². The summed E-state index contributed by atoms with van der Waals surface area (Å²) >= 11 is 0. The zero-order chi connectivity index (χ0) is 14.8. The molecule has 5 heteroatoms. The van der Waals surface area contributed by atoms with Crippen LogP contribution in [-0.4, -0.2) is 26.2 Å². The van der Waals surface area contributed by atoms with Gasteiger partial charge in [-0.25, -0.2) is 13.1 Å². The number of aliphatic hydroxyl groups excluding tert-OH is 1. The van der Waals surface area contributed by atoms with Gasteiger partial charge >= 0.3 is 0 Å². The van der Waals surface area contributed by atoms with E-state index in [9.17, 15) is 8.42 Å². The average molecular weight is 293 g/mol. The van der Waals surface area contributed by atoms with E-state index < -0.39 is 10.0 Å². The summed E-state index contributed by atoms with van der Waals surface area (Å²) in [5, 5.41) is 8.68. The van der Waals surface area contributed by atoms with Crippen LogP contribution in [0, 0.1) is 24.7 Å². The molecule has 0 saturated heterocycles. The second-order valence-corrected chi connectivity index (χ2v) is 7.05. The zero-order valence-electron chi connectivity index (χ0n) is 11.7. The fourth-order valence-corrected chi connectivity index (χ4v) is 3.71. The monoisotopic (exact) mass is 293 g/mol. The van der Waals surface area contributed by atoms with Crippen molar-refractivity contribution in [2.24, 2.45) is 5.92 Å². The van der Waals surface area contributed by atoms with Crippen LogP contribution in [0.15, 0.2) is 23.1 Å². The van der Waals surface area contributed by atoms with Crippen LogP contribution < -0.4 is 4.72 Å². The molecule has 1 aliphatic carbocycles. The van der Waals surface area contributed by atoms with Crippen LogP contribution in [-0.2, 0) is 10.0 Å². The summed E-state index contributed by atoms with van der Waals surface area (Å²) < 4.78 is 27.2. The Labute approximate surface area is 120 Å². The summed E-state index contributed by atoms with van der Waals surface area (Å²) in [4.78, 5) is 0.268. The predicted molar refractivity (Wildman–Crippen MR) is 77.7 cm³/mol. The highest BCUT2D eigenvalue weighted by Crippen LogP contribution is 2.28. The van der Waals surface area contributed by atoms with Crippen LogP contribution in [0.25, 0.3) is 0 Å². The molecule has 2 N–H and O–H groups in total. The Morgan fingerprint density at radius 2 is 2.10 bits per heavy atom. The van der Waals surface area contributed by atoms with Crippen molar-refractivity contribution in [2.75, 3.05) is 6.61 Å². The Morgan fingerprint density at radius 3 is 2.65 bits per heavy atom. The lowest BCUT2D eigenvalue weighted by atomic mass is 9.83. The van der Waals surface area contributed by atoms with E-state index in [0.717, 1.165) is 24.0 Å². The molecule has 1 aromatic rings. The van der Waals surface area contributed by atoms with Crippen LogP contribution in [0.3, 0.4) is 0 Å². The van der Waals surface area contributed by atoms with Crippen LogP contribution in [0.1, 0.15) is 30.9 Å². The molecule has 0 spiro atoms. The third-order valence-corrected chi connectivity index (χ3v) is 5.02. The van der Waals surface area contributed by atoms with Gasteiger partial charge in [-0.15, -0.1) is 0 Å². The van der Waals surface area contributed by atoms with Crippen molar-refractivity contribution in [3.8, 4) is 11.8 Å². The van der Waals surface area contributed by atoms with Crippen molar-refractivity contribution >= 4 is 10.0 Å². The SMILES string of the molecule is Cc1cc(S(=O)(=O)NC2CC(C)C2)ccc1C#CCO. The molecule has 20 heavy (non-hydrogen) atoms. The standard InChI is InChI=1S/C15H19NO3S/c1-11-8-14(9-11)16-20(18,19)15-6-5-13(4-3-7-17)12(2)10-15/h5-6,10-11,14,16-17H,7-9H2,1-2H3. The average Bonchev–Trinajstić information content (AvgIpc) is 2.35. The summed E-state index contributed by atoms with van der Waals surface area (Å²) in [5.41, 5.74) is 1.52. The van der Waals surface area contributed by atoms with E-state index in [2.05, 4.69) is 23.5 Å². The number of aliphatic hydroxyl groups is 1. The van der Waals surface area contributed by atoms with Gasteiger partial charge in [-0.3, -0.25) is 0 Å². The minimum absolute atomic E-state index is 0.0594. The number of nitrogens with one attached hydrogen (secondary N) is 1. The number of benzene rings is 1. The quantitative estimate of drug-likeness (QED) is 0.828. The van der Waals surface area contributed by atoms with Gasteiger partial charge in [-0.1, -0.05) is 18.8 Å². The lowest BCUT2D eigenvalue weighted by molar-refractivity contribution is 0.270. The highest BCUT2D eigenvalue weighted by molar-refractivity contribution is 7.89. The van der Waals surface area contributed by atoms with E-state index in [1.165, 1.54) is 0 Å². The van der Waals surface area contributed by atoms with E-state index in [0.29, 0.717) is 5.92 Å². The fourth-order valence-electron chi connectivity index (χ4n) is 2.36. The van der Waals surface area contributed by atoms with Gasteiger partial charge in [-0.05, 0) is 49.4 Å². The molecule has 0 atom stereocenters. The molecule has 0 aromatic heterocycles. The summed E-state index contributed by atoms with van der Waals surface area (Å²) in [5.74, 6) is 5.95. The normalized spacial score (nSPS) is 21.8. The van der Waals surface area contributed by atoms with Crippen molar-refractivity contribution < 1.29 is 13.5 Å². The van der Waals surface area contributed by atoms with E-state index in [1.807, 2.05) is 6.92 Å². The first kappa shape index (κ1) is 15.0. The first-order valence-corrected chi connectivity index (χ1v) is 8.13. The third-order valence-electron chi connectivity index (χ3n) is 3.51. The first-order chi connectivity index (χ1) is 9.42. The Kier molecular flexibility index (Phi) is 4.48. The van der Waals surface area contributed by atoms with Crippen LogP contribution in [0.5, 0.6) is 0 Å². The van der Waals surface area contributed by atoms with Gasteiger partial charge in [0.15, 0.2) is 0 Å². The molecule has 1 saturated carbocycles. The minimum atomic E-state index is -3.45. The number of hydrogen-bond acceptors (Lipinski definition) is 3. The van der Waals surface area contributed by atoms with Gasteiger partial charge in [0, 0.05) is 11.6 Å². The van der Waals surface area contributed by atoms with Gasteiger partial charge in [0.05, 0.1) is 4.90 Å². The molecule has 108 valence electrons. The fraction of sp³-hybridized carbons (Fsp3) is 0.467. The van der Waals surface area contributed by atoms with Crippen LogP contribution >= 0.6 is 0 Å². The molecular formula is C15H19NO3S. The predicted octanol–water partition coefficient (Wildman–Crippen LogP) is 1.42. The molecule has 1 aromatic carbocycles. The van der Waals surface area contributed by atoms with Crippen molar-refractivity contribution in [1.82, 2.24) is 4.72 Å². The lowest BCUT2D eigenvalue weighted by Crippen LogP contribution is -2.43. The zero-order valence-corrected chi connectivity index (χ0v) is 12.5. The Hall–Kier alpha value is -1.35. The minimum Gasteiger partial charge on any atom is -0.384 e. The molecule has 0 radical (unpaired) electrons. The molecule has 2 rings (SSSR count). The Balaban J connectivity index is 2.18. The van der Waals surface area contributed by atoms with E-state index in [-0.39, 0.29) is 17.5 Å². The summed E-state index contributed by atoms with van der Waals surface area (Å²) in [7, 11) is -3.45. The van der Waals surface area contributed by atoms with Gasteiger partial charge in [0.25, 0.3) is 0 Å². The Morgan fingerprint density at radius 1 is 1.40 bits per heavy atom. The molecule has 0 heterocycles. The van der Waals surface area contributed by atoms with Crippen molar-refractivity contribution in [1.29, 1.82) is 0 Å². The highest BCUT2D eigenvalue weighted by Gasteiger charge is 2.29. The molecule has 1 aliphatic rings. The summed E-state index contributed by atoms with van der Waals surface area (Å²) in [6.07, 6.45) is 1.80. The summed E-state index contributed by atoms with van der Waals surface area (Å²) in [6, 6.07) is 4.91. The molecule has 1 fully saturated rings. The largest absolute Gasteiger partial charge is 0.384 e. The van der Waals surface area contributed by atoms with Gasteiger partial charge in [0.1, 0.15) is 6.61 Å². The summed E-state index contributed by atoms with van der Waals surface area (Å²) in [6.45, 7) is 3.72. The van der Waals surface area contributed by atoms with E-state index >= 15 is 0 Å². The van der Waals surface area contributed by atoms with Crippen LogP contribution in [0.2, 0.25) is 0 Å². The second kappa shape index (κ2) is 5.96. The van der Waals surface area contributed by atoms with Crippen molar-refractivity contribution in [3.63, 3.8) is 0 Å². The maximum absolute atomic E-state index is 12.2. The molecular weight excluding hydrogens is 274 g/mol. The number of sulfonamides is 1. The van der Waals surface area contributed by atoms with Gasteiger partial charge < -0.3 is 5.11 Å². The molecule has 0 aliphatic heterocycles. The van der Waals surface area contributed by atoms with Crippen molar-refractivity contribution in [2.45, 2.75) is 37.6 Å². The maximum Gasteiger partial charge on any atom is 0.240 e. The van der Waals surface area contributed by atoms with Crippen LogP contribution in [0.4, 0.5) is 0 Å². The second-order valence-electron chi connectivity index (χ2n) is 5.33. The van der Waals surface area contributed by atoms with E-state index in [4.69, 9.17) is 5.11 Å². The molecule has 0 unspecified atom stereocenters. The van der Waals surface area contributed by atoms with Crippen molar-refractivity contribution in [3.05, 3.63) is 29.3 Å². The molecule has 0 bridgehead atoms. The number of rotatable bonds is 3. The van der Waals surface area contributed by atoms with Gasteiger partial charge in [0.2, 0.25) is 10.0 Å². The first-order valence-electron chi connectivity index (χ1n) is 6.65. The maximum atomic E-state index is 12.2.